The average Bonchev–Trinajstić information content (AvgIpc) is 2.76. The number of carbonyl (C=O) groups is 2. The van der Waals surface area contributed by atoms with Gasteiger partial charge in [-0.3, -0.25) is 19.7 Å². The lowest BCUT2D eigenvalue weighted by atomic mass is 10.2. The van der Waals surface area contributed by atoms with Crippen molar-refractivity contribution in [1.29, 1.82) is 0 Å². The Kier molecular flexibility index (Phi) is 6.99. The standard InChI is InChI=1S/C22H18FN3O4S/c1-14(21(27)24-17-6-10-19(11-7-17)26(29)30)31-20-12-8-18(9-13-20)25-22(28)15-2-4-16(23)5-3-15/h2-14H,1H3,(H,24,27)(H,25,28). The van der Waals surface area contributed by atoms with Gasteiger partial charge in [-0.1, -0.05) is 0 Å². The van der Waals surface area contributed by atoms with Crippen molar-refractivity contribution in [2.75, 3.05) is 10.6 Å². The number of rotatable bonds is 7. The van der Waals surface area contributed by atoms with E-state index in [4.69, 9.17) is 0 Å². The summed E-state index contributed by atoms with van der Waals surface area (Å²) in [5, 5.41) is 15.7. The minimum atomic E-state index is -0.504. The van der Waals surface area contributed by atoms with Crippen molar-refractivity contribution in [2.45, 2.75) is 17.1 Å². The quantitative estimate of drug-likeness (QED) is 0.303. The van der Waals surface area contributed by atoms with E-state index >= 15 is 0 Å². The molecule has 1 unspecified atom stereocenters. The molecule has 0 aromatic heterocycles. The molecule has 7 nitrogen and oxygen atoms in total. The molecule has 2 amide bonds. The van der Waals surface area contributed by atoms with E-state index in [-0.39, 0.29) is 17.5 Å². The van der Waals surface area contributed by atoms with Gasteiger partial charge in [0.25, 0.3) is 11.6 Å². The lowest BCUT2D eigenvalue weighted by Crippen LogP contribution is -2.22. The molecule has 2 N–H and O–H groups in total. The highest BCUT2D eigenvalue weighted by molar-refractivity contribution is 8.00. The van der Waals surface area contributed by atoms with Crippen molar-refractivity contribution >= 4 is 40.6 Å². The van der Waals surface area contributed by atoms with Gasteiger partial charge in [-0.05, 0) is 67.6 Å². The molecule has 3 aromatic carbocycles. The molecular weight excluding hydrogens is 421 g/mol. The largest absolute Gasteiger partial charge is 0.325 e. The Morgan fingerprint density at radius 1 is 0.903 bits per heavy atom. The fourth-order valence-electron chi connectivity index (χ4n) is 2.59. The smallest absolute Gasteiger partial charge is 0.269 e. The predicted molar refractivity (Wildman–Crippen MR) is 118 cm³/mol. The van der Waals surface area contributed by atoms with E-state index in [9.17, 15) is 24.1 Å². The summed E-state index contributed by atoms with van der Waals surface area (Å²) in [6, 6.07) is 17.8. The van der Waals surface area contributed by atoms with Crippen LogP contribution in [-0.4, -0.2) is 22.0 Å². The molecule has 0 heterocycles. The third-order valence-corrected chi connectivity index (χ3v) is 5.36. The van der Waals surface area contributed by atoms with Gasteiger partial charge < -0.3 is 10.6 Å². The number of carbonyl (C=O) groups excluding carboxylic acids is 2. The molecule has 9 heteroatoms. The Balaban J connectivity index is 1.54. The minimum Gasteiger partial charge on any atom is -0.325 e. The van der Waals surface area contributed by atoms with Crippen molar-refractivity contribution in [2.24, 2.45) is 0 Å². The first-order valence-corrected chi connectivity index (χ1v) is 10.1. The molecule has 0 bridgehead atoms. The predicted octanol–water partition coefficient (Wildman–Crippen LogP) is 5.11. The molecule has 3 aromatic rings. The summed E-state index contributed by atoms with van der Waals surface area (Å²) in [6.45, 7) is 1.75. The first kappa shape index (κ1) is 22.0. The van der Waals surface area contributed by atoms with Gasteiger partial charge in [0.15, 0.2) is 0 Å². The lowest BCUT2D eigenvalue weighted by Gasteiger charge is -2.12. The van der Waals surface area contributed by atoms with E-state index in [0.29, 0.717) is 16.9 Å². The molecule has 0 aliphatic carbocycles. The molecule has 3 rings (SSSR count). The second-order valence-corrected chi connectivity index (χ2v) is 7.95. The maximum atomic E-state index is 13.0. The Bertz CT molecular complexity index is 1090. The number of hydrogen-bond donors (Lipinski definition) is 2. The first-order chi connectivity index (χ1) is 14.8. The summed E-state index contributed by atoms with van der Waals surface area (Å²) in [6.07, 6.45) is 0. The highest BCUT2D eigenvalue weighted by atomic mass is 32.2. The summed E-state index contributed by atoms with van der Waals surface area (Å²) in [5.74, 6) is -1.01. The zero-order valence-corrected chi connectivity index (χ0v) is 17.2. The number of amides is 2. The summed E-state index contributed by atoms with van der Waals surface area (Å²) in [5.41, 5.74) is 1.34. The third-order valence-electron chi connectivity index (χ3n) is 4.25. The van der Waals surface area contributed by atoms with Crippen LogP contribution in [0, 0.1) is 15.9 Å². The highest BCUT2D eigenvalue weighted by Gasteiger charge is 2.15. The van der Waals surface area contributed by atoms with Gasteiger partial charge in [-0.25, -0.2) is 4.39 Å². The molecule has 158 valence electrons. The molecule has 0 saturated carbocycles. The van der Waals surface area contributed by atoms with Gasteiger partial charge >= 0.3 is 0 Å². The molecule has 0 radical (unpaired) electrons. The number of halogens is 1. The van der Waals surface area contributed by atoms with Crippen LogP contribution in [0.1, 0.15) is 17.3 Å². The van der Waals surface area contributed by atoms with Crippen molar-refractivity contribution < 1.29 is 18.9 Å². The Hall–Kier alpha value is -3.72. The van der Waals surface area contributed by atoms with Crippen LogP contribution in [0.25, 0.3) is 0 Å². The summed E-state index contributed by atoms with van der Waals surface area (Å²) in [7, 11) is 0. The van der Waals surface area contributed by atoms with Gasteiger partial charge in [0.2, 0.25) is 5.91 Å². The zero-order valence-electron chi connectivity index (χ0n) is 16.4. The average molecular weight is 439 g/mol. The van der Waals surface area contributed by atoms with E-state index in [1.807, 2.05) is 0 Å². The van der Waals surface area contributed by atoms with Crippen LogP contribution >= 0.6 is 11.8 Å². The molecule has 0 aliphatic rings. The fourth-order valence-corrected chi connectivity index (χ4v) is 3.46. The van der Waals surface area contributed by atoms with Crippen LogP contribution in [0.2, 0.25) is 0 Å². The van der Waals surface area contributed by atoms with Crippen molar-refractivity contribution in [1.82, 2.24) is 0 Å². The number of nitro groups is 1. The number of anilines is 2. The van der Waals surface area contributed by atoms with Crippen LogP contribution in [0.5, 0.6) is 0 Å². The SMILES string of the molecule is CC(Sc1ccc(NC(=O)c2ccc(F)cc2)cc1)C(=O)Nc1ccc([N+](=O)[O-])cc1. The molecule has 1 atom stereocenters. The number of nitro benzene ring substituents is 1. The Labute approximate surface area is 181 Å². The number of thioether (sulfide) groups is 1. The molecular formula is C22H18FN3O4S. The van der Waals surface area contributed by atoms with E-state index in [0.717, 1.165) is 4.90 Å². The Morgan fingerprint density at radius 2 is 1.45 bits per heavy atom. The molecule has 0 spiro atoms. The van der Waals surface area contributed by atoms with Gasteiger partial charge in [-0.15, -0.1) is 11.8 Å². The topological polar surface area (TPSA) is 101 Å². The maximum absolute atomic E-state index is 13.0. The molecule has 0 fully saturated rings. The van der Waals surface area contributed by atoms with E-state index < -0.39 is 16.0 Å². The molecule has 0 aliphatic heterocycles. The number of non-ortho nitro benzene ring substituents is 1. The van der Waals surface area contributed by atoms with Gasteiger partial charge in [0, 0.05) is 34.0 Å². The fraction of sp³-hybridized carbons (Fsp3) is 0.0909. The van der Waals surface area contributed by atoms with E-state index in [2.05, 4.69) is 10.6 Å². The highest BCUT2D eigenvalue weighted by Crippen LogP contribution is 2.26. The van der Waals surface area contributed by atoms with Gasteiger partial charge in [0.1, 0.15) is 5.82 Å². The summed E-state index contributed by atoms with van der Waals surface area (Å²) < 4.78 is 13.0. The number of nitrogens with one attached hydrogen (secondary N) is 2. The number of benzene rings is 3. The summed E-state index contributed by atoms with van der Waals surface area (Å²) in [4.78, 5) is 35.6. The van der Waals surface area contributed by atoms with Crippen molar-refractivity contribution in [3.05, 3.63) is 94.3 Å². The molecule has 31 heavy (non-hydrogen) atoms. The van der Waals surface area contributed by atoms with Crippen LogP contribution in [-0.2, 0) is 4.79 Å². The second-order valence-electron chi connectivity index (χ2n) is 6.54. The van der Waals surface area contributed by atoms with E-state index in [1.54, 1.807) is 31.2 Å². The minimum absolute atomic E-state index is 0.0490. The normalized spacial score (nSPS) is 11.4. The van der Waals surface area contributed by atoms with E-state index in [1.165, 1.54) is 60.3 Å². The summed E-state index contributed by atoms with van der Waals surface area (Å²) >= 11 is 1.33. The third kappa shape index (κ3) is 6.13. The zero-order chi connectivity index (χ0) is 22.4. The maximum Gasteiger partial charge on any atom is 0.269 e. The van der Waals surface area contributed by atoms with Gasteiger partial charge in [0.05, 0.1) is 10.2 Å². The van der Waals surface area contributed by atoms with Crippen LogP contribution < -0.4 is 10.6 Å². The lowest BCUT2D eigenvalue weighted by molar-refractivity contribution is -0.384. The van der Waals surface area contributed by atoms with Gasteiger partial charge in [-0.2, -0.15) is 0 Å². The molecule has 0 saturated heterocycles. The number of hydrogen-bond acceptors (Lipinski definition) is 5. The van der Waals surface area contributed by atoms with Crippen LogP contribution in [0.3, 0.4) is 0 Å². The Morgan fingerprint density at radius 3 is 2.03 bits per heavy atom. The van der Waals surface area contributed by atoms with Crippen molar-refractivity contribution in [3.63, 3.8) is 0 Å². The monoisotopic (exact) mass is 439 g/mol. The second kappa shape index (κ2) is 9.86. The first-order valence-electron chi connectivity index (χ1n) is 9.21. The number of nitrogens with zero attached hydrogens (tertiary/aromatic N) is 1. The van der Waals surface area contributed by atoms with Crippen LogP contribution in [0.4, 0.5) is 21.5 Å². The van der Waals surface area contributed by atoms with Crippen LogP contribution in [0.15, 0.2) is 77.7 Å². The van der Waals surface area contributed by atoms with Crippen molar-refractivity contribution in [3.8, 4) is 0 Å².